The summed E-state index contributed by atoms with van der Waals surface area (Å²) in [6.07, 6.45) is 2.82. The number of carboxylic acids is 1. The van der Waals surface area contributed by atoms with E-state index in [2.05, 4.69) is 5.32 Å². The summed E-state index contributed by atoms with van der Waals surface area (Å²) in [6, 6.07) is 6.88. The number of benzene rings is 1. The van der Waals surface area contributed by atoms with Crippen molar-refractivity contribution in [2.45, 2.75) is 5.92 Å². The van der Waals surface area contributed by atoms with Crippen molar-refractivity contribution in [3.63, 3.8) is 0 Å². The number of carboxylic acid groups (broad SMARTS) is 1. The SMILES string of the molecule is COC(=O)C1=CNC=C(C(=O)O)C1c1ccc(OC)cc1. The number of carbonyl (C=O) groups excluding carboxylic acids is 1. The molecule has 110 valence electrons. The normalized spacial score (nSPS) is 17.1. The van der Waals surface area contributed by atoms with Gasteiger partial charge in [0, 0.05) is 12.4 Å². The van der Waals surface area contributed by atoms with Crippen LogP contribution in [0.25, 0.3) is 0 Å². The minimum absolute atomic E-state index is 0.0723. The van der Waals surface area contributed by atoms with Crippen LogP contribution in [-0.2, 0) is 14.3 Å². The summed E-state index contributed by atoms with van der Waals surface area (Å²) in [5.41, 5.74) is 0.980. The molecule has 1 atom stereocenters. The van der Waals surface area contributed by atoms with Gasteiger partial charge in [0.05, 0.1) is 31.3 Å². The quantitative estimate of drug-likeness (QED) is 0.815. The number of carbonyl (C=O) groups is 2. The van der Waals surface area contributed by atoms with E-state index in [-0.39, 0.29) is 11.1 Å². The lowest BCUT2D eigenvalue weighted by molar-refractivity contribution is -0.136. The number of rotatable bonds is 4. The fourth-order valence-corrected chi connectivity index (χ4v) is 2.19. The van der Waals surface area contributed by atoms with Crippen molar-refractivity contribution < 1.29 is 24.2 Å². The van der Waals surface area contributed by atoms with Gasteiger partial charge in [-0.15, -0.1) is 0 Å². The molecule has 0 amide bonds. The lowest BCUT2D eigenvalue weighted by Crippen LogP contribution is -2.25. The van der Waals surface area contributed by atoms with Crippen LogP contribution >= 0.6 is 0 Å². The molecule has 1 heterocycles. The van der Waals surface area contributed by atoms with E-state index in [9.17, 15) is 14.7 Å². The summed E-state index contributed by atoms with van der Waals surface area (Å²) >= 11 is 0. The average molecular weight is 289 g/mol. The van der Waals surface area contributed by atoms with Gasteiger partial charge in [-0.3, -0.25) is 0 Å². The Kier molecular flexibility index (Phi) is 4.27. The molecule has 0 bridgehead atoms. The van der Waals surface area contributed by atoms with Gasteiger partial charge in [0.1, 0.15) is 5.75 Å². The molecule has 0 aliphatic carbocycles. The third-order valence-electron chi connectivity index (χ3n) is 3.22. The fraction of sp³-hybridized carbons (Fsp3) is 0.200. The van der Waals surface area contributed by atoms with E-state index in [1.54, 1.807) is 31.4 Å². The maximum absolute atomic E-state index is 11.9. The van der Waals surface area contributed by atoms with Gasteiger partial charge in [-0.25, -0.2) is 9.59 Å². The Morgan fingerprint density at radius 1 is 1.10 bits per heavy atom. The van der Waals surface area contributed by atoms with E-state index in [0.29, 0.717) is 11.3 Å². The van der Waals surface area contributed by atoms with Crippen molar-refractivity contribution in [3.8, 4) is 5.75 Å². The highest BCUT2D eigenvalue weighted by Gasteiger charge is 2.32. The van der Waals surface area contributed by atoms with Crippen molar-refractivity contribution in [1.82, 2.24) is 5.32 Å². The topological polar surface area (TPSA) is 84.9 Å². The first-order chi connectivity index (χ1) is 10.1. The number of esters is 1. The number of ether oxygens (including phenoxy) is 2. The molecule has 0 fully saturated rings. The predicted molar refractivity (Wildman–Crippen MR) is 74.7 cm³/mol. The second-order valence-electron chi connectivity index (χ2n) is 4.37. The van der Waals surface area contributed by atoms with Crippen LogP contribution in [0.1, 0.15) is 11.5 Å². The first-order valence-electron chi connectivity index (χ1n) is 6.20. The number of hydrogen-bond acceptors (Lipinski definition) is 5. The zero-order chi connectivity index (χ0) is 15.4. The lowest BCUT2D eigenvalue weighted by Gasteiger charge is -2.23. The molecule has 0 saturated heterocycles. The van der Waals surface area contributed by atoms with Crippen molar-refractivity contribution in [2.24, 2.45) is 0 Å². The second kappa shape index (κ2) is 6.13. The second-order valence-corrected chi connectivity index (χ2v) is 4.37. The van der Waals surface area contributed by atoms with Crippen molar-refractivity contribution in [1.29, 1.82) is 0 Å². The summed E-state index contributed by atoms with van der Waals surface area (Å²) in [6.45, 7) is 0. The maximum Gasteiger partial charge on any atom is 0.336 e. The van der Waals surface area contributed by atoms with E-state index in [1.165, 1.54) is 19.5 Å². The fourth-order valence-electron chi connectivity index (χ4n) is 2.19. The Balaban J connectivity index is 2.46. The molecule has 1 aliphatic heterocycles. The molecule has 0 spiro atoms. The van der Waals surface area contributed by atoms with Crippen LogP contribution in [-0.4, -0.2) is 31.3 Å². The van der Waals surface area contributed by atoms with Crippen molar-refractivity contribution in [2.75, 3.05) is 14.2 Å². The number of dihydropyridines is 1. The Hall–Kier alpha value is -2.76. The summed E-state index contributed by atoms with van der Waals surface area (Å²) in [7, 11) is 2.80. The maximum atomic E-state index is 11.9. The Labute approximate surface area is 121 Å². The van der Waals surface area contributed by atoms with Gasteiger partial charge in [0.15, 0.2) is 0 Å². The Bertz CT molecular complexity index is 615. The van der Waals surface area contributed by atoms with Crippen molar-refractivity contribution in [3.05, 3.63) is 53.4 Å². The van der Waals surface area contributed by atoms with Crippen LogP contribution in [0.2, 0.25) is 0 Å². The van der Waals surface area contributed by atoms with Gasteiger partial charge in [-0.05, 0) is 17.7 Å². The highest BCUT2D eigenvalue weighted by molar-refractivity contribution is 5.97. The molecule has 2 rings (SSSR count). The van der Waals surface area contributed by atoms with E-state index in [0.717, 1.165) is 0 Å². The number of nitrogens with one attached hydrogen (secondary N) is 1. The van der Waals surface area contributed by atoms with Crippen LogP contribution in [0.5, 0.6) is 5.75 Å². The molecule has 1 aromatic rings. The van der Waals surface area contributed by atoms with E-state index in [1.807, 2.05) is 0 Å². The molecule has 1 aromatic carbocycles. The number of hydrogen-bond donors (Lipinski definition) is 2. The minimum atomic E-state index is -1.10. The Morgan fingerprint density at radius 3 is 2.24 bits per heavy atom. The molecular formula is C15H15NO5. The monoisotopic (exact) mass is 289 g/mol. The van der Waals surface area contributed by atoms with Crippen LogP contribution in [0.4, 0.5) is 0 Å². The van der Waals surface area contributed by atoms with Crippen LogP contribution < -0.4 is 10.1 Å². The van der Waals surface area contributed by atoms with E-state index in [4.69, 9.17) is 9.47 Å². The van der Waals surface area contributed by atoms with Gasteiger partial charge in [-0.1, -0.05) is 12.1 Å². The predicted octanol–water partition coefficient (Wildman–Crippen LogP) is 1.41. The minimum Gasteiger partial charge on any atom is -0.497 e. The summed E-state index contributed by atoms with van der Waals surface area (Å²) in [4.78, 5) is 23.3. The Morgan fingerprint density at radius 2 is 1.71 bits per heavy atom. The zero-order valence-electron chi connectivity index (χ0n) is 11.6. The van der Waals surface area contributed by atoms with Gasteiger partial charge < -0.3 is 19.9 Å². The largest absolute Gasteiger partial charge is 0.497 e. The first-order valence-corrected chi connectivity index (χ1v) is 6.20. The average Bonchev–Trinajstić information content (AvgIpc) is 2.53. The summed E-state index contributed by atoms with van der Waals surface area (Å²) in [5.74, 6) is -1.72. The molecular weight excluding hydrogens is 274 g/mol. The smallest absolute Gasteiger partial charge is 0.336 e. The number of aliphatic carboxylic acids is 1. The molecule has 21 heavy (non-hydrogen) atoms. The molecule has 0 aromatic heterocycles. The van der Waals surface area contributed by atoms with Crippen LogP contribution in [0, 0.1) is 0 Å². The highest BCUT2D eigenvalue weighted by Crippen LogP contribution is 2.34. The van der Waals surface area contributed by atoms with E-state index < -0.39 is 17.9 Å². The highest BCUT2D eigenvalue weighted by atomic mass is 16.5. The number of methoxy groups -OCH3 is 2. The third kappa shape index (κ3) is 2.89. The summed E-state index contributed by atoms with van der Waals surface area (Å²) < 4.78 is 9.80. The van der Waals surface area contributed by atoms with Crippen molar-refractivity contribution >= 4 is 11.9 Å². The lowest BCUT2D eigenvalue weighted by atomic mass is 9.84. The molecule has 0 radical (unpaired) electrons. The van der Waals surface area contributed by atoms with Crippen LogP contribution in [0.15, 0.2) is 47.8 Å². The van der Waals surface area contributed by atoms with Crippen LogP contribution in [0.3, 0.4) is 0 Å². The standard InChI is InChI=1S/C15H15NO5/c1-20-10-5-3-9(4-6-10)13-11(14(17)18)7-16-8-12(13)15(19)21-2/h3-8,13,16H,1-2H3,(H,17,18). The zero-order valence-corrected chi connectivity index (χ0v) is 11.6. The third-order valence-corrected chi connectivity index (χ3v) is 3.22. The molecule has 1 aliphatic rings. The molecule has 0 saturated carbocycles. The molecule has 2 N–H and O–H groups in total. The van der Waals surface area contributed by atoms with Gasteiger partial charge in [0.25, 0.3) is 0 Å². The first kappa shape index (κ1) is 14.6. The van der Waals surface area contributed by atoms with E-state index >= 15 is 0 Å². The van der Waals surface area contributed by atoms with Gasteiger partial charge >= 0.3 is 11.9 Å². The van der Waals surface area contributed by atoms with Gasteiger partial charge in [-0.2, -0.15) is 0 Å². The molecule has 6 nitrogen and oxygen atoms in total. The van der Waals surface area contributed by atoms with Gasteiger partial charge in [0.2, 0.25) is 0 Å². The molecule has 1 unspecified atom stereocenters. The molecule has 6 heteroatoms. The summed E-state index contributed by atoms with van der Waals surface area (Å²) in [5, 5.41) is 12.0.